The van der Waals surface area contributed by atoms with Crippen molar-refractivity contribution in [3.8, 4) is 0 Å². The van der Waals surface area contributed by atoms with Gasteiger partial charge < -0.3 is 16.4 Å². The molecule has 0 rings (SSSR count). The van der Waals surface area contributed by atoms with Gasteiger partial charge in [0.05, 0.1) is 0 Å². The average molecular weight is 155 g/mol. The van der Waals surface area contributed by atoms with Crippen LogP contribution in [0.25, 0.3) is 0 Å². The van der Waals surface area contributed by atoms with Crippen molar-refractivity contribution in [2.45, 2.75) is 0 Å². The van der Waals surface area contributed by atoms with Crippen molar-refractivity contribution in [2.75, 3.05) is 0 Å². The fraction of sp³-hybridized carbons (Fsp3) is 0. The zero-order valence-electron chi connectivity index (χ0n) is 2.59. The molecule has 33 valence electrons. The number of hydrogen-bond donors (Lipinski definition) is 0. The van der Waals surface area contributed by atoms with E-state index in [2.05, 4.69) is 0 Å². The monoisotopic (exact) mass is 153 g/mol. The van der Waals surface area contributed by atoms with Gasteiger partial charge in [-0.3, -0.25) is 0 Å². The summed E-state index contributed by atoms with van der Waals surface area (Å²) in [4.78, 5) is 0. The van der Waals surface area contributed by atoms with E-state index in [1.54, 1.807) is 0 Å². The SMILES string of the molecule is O.O.O.[Cl][Zn]. The first kappa shape index (κ1) is 41.4. The average Bonchev–Trinajstić information content (AvgIpc) is 1.00. The van der Waals surface area contributed by atoms with E-state index < -0.39 is 0 Å². The Labute approximate surface area is 44.0 Å². The topological polar surface area (TPSA) is 94.5 Å². The Morgan fingerprint density at radius 3 is 0.800 bits per heavy atom. The molecule has 0 bridgehead atoms. The summed E-state index contributed by atoms with van der Waals surface area (Å²) in [5, 5.41) is 0. The van der Waals surface area contributed by atoms with Crippen LogP contribution in [-0.2, 0) is 17.3 Å². The summed E-state index contributed by atoms with van der Waals surface area (Å²) < 4.78 is 0. The molecule has 0 saturated carbocycles. The molecule has 0 aliphatic heterocycles. The molecular weight excluding hydrogens is 149 g/mol. The third-order valence-electron chi connectivity index (χ3n) is 0. The van der Waals surface area contributed by atoms with Crippen molar-refractivity contribution >= 4 is 9.69 Å². The van der Waals surface area contributed by atoms with Gasteiger partial charge in [-0.05, 0) is 0 Å². The summed E-state index contributed by atoms with van der Waals surface area (Å²) in [5.74, 6) is 0. The summed E-state index contributed by atoms with van der Waals surface area (Å²) in [5.41, 5.74) is 0. The molecule has 0 saturated heterocycles. The van der Waals surface area contributed by atoms with E-state index in [-0.39, 0.29) is 16.4 Å². The molecule has 3 nitrogen and oxygen atoms in total. The van der Waals surface area contributed by atoms with Crippen LogP contribution in [0.5, 0.6) is 0 Å². The van der Waals surface area contributed by atoms with Crippen LogP contribution in [0.1, 0.15) is 0 Å². The molecular formula is H6ClO3Zn. The van der Waals surface area contributed by atoms with Gasteiger partial charge in [-0.15, -0.1) is 0 Å². The Kier molecular flexibility index (Phi) is 907. The standard InChI is InChI=1S/ClH.3H2O.Zn/h1H;3*1H2;/q;;;;+1/p-1. The van der Waals surface area contributed by atoms with Crippen LogP contribution in [-0.4, -0.2) is 16.4 Å². The van der Waals surface area contributed by atoms with Crippen LogP contribution < -0.4 is 0 Å². The predicted octanol–water partition coefficient (Wildman–Crippen LogP) is -1.79. The van der Waals surface area contributed by atoms with E-state index in [1.165, 1.54) is 0 Å². The van der Waals surface area contributed by atoms with Gasteiger partial charge in [0.2, 0.25) is 0 Å². The molecule has 0 unspecified atom stereocenters. The molecule has 0 aromatic heterocycles. The second kappa shape index (κ2) is 110. The molecule has 0 spiro atoms. The van der Waals surface area contributed by atoms with Gasteiger partial charge in [0, 0.05) is 0 Å². The van der Waals surface area contributed by atoms with Crippen LogP contribution in [0.2, 0.25) is 0 Å². The number of hydrogen-bond acceptors (Lipinski definition) is 0. The maximum atomic E-state index is 4.76. The van der Waals surface area contributed by atoms with Crippen molar-refractivity contribution in [1.82, 2.24) is 0 Å². The van der Waals surface area contributed by atoms with E-state index in [1.807, 2.05) is 0 Å². The number of halogens is 1. The van der Waals surface area contributed by atoms with Crippen LogP contribution in [0.15, 0.2) is 0 Å². The van der Waals surface area contributed by atoms with Gasteiger partial charge in [-0.2, -0.15) is 0 Å². The summed E-state index contributed by atoms with van der Waals surface area (Å²) >= 11 is 0.847. The predicted molar refractivity (Wildman–Crippen MR) is 16.7 cm³/mol. The molecule has 0 amide bonds. The van der Waals surface area contributed by atoms with Crippen LogP contribution >= 0.6 is 9.69 Å². The van der Waals surface area contributed by atoms with E-state index in [9.17, 15) is 0 Å². The second-order valence-electron chi connectivity index (χ2n) is 0. The summed E-state index contributed by atoms with van der Waals surface area (Å²) in [7, 11) is 4.76. The maximum absolute atomic E-state index is 4.76. The van der Waals surface area contributed by atoms with E-state index in [0.29, 0.717) is 0 Å². The Morgan fingerprint density at radius 2 is 0.800 bits per heavy atom. The van der Waals surface area contributed by atoms with E-state index >= 15 is 0 Å². The van der Waals surface area contributed by atoms with Crippen LogP contribution in [0, 0.1) is 0 Å². The minimum atomic E-state index is 0. The molecule has 0 aliphatic carbocycles. The van der Waals surface area contributed by atoms with E-state index in [4.69, 9.17) is 9.69 Å². The van der Waals surface area contributed by atoms with Gasteiger partial charge >= 0.3 is 27.0 Å². The van der Waals surface area contributed by atoms with Gasteiger partial charge in [0.1, 0.15) is 0 Å². The Hall–Kier alpha value is 0.793. The van der Waals surface area contributed by atoms with Gasteiger partial charge in [0.25, 0.3) is 0 Å². The summed E-state index contributed by atoms with van der Waals surface area (Å²) in [6, 6.07) is 0. The molecule has 0 fully saturated rings. The fourth-order valence-corrected chi connectivity index (χ4v) is 0. The minimum absolute atomic E-state index is 0. The van der Waals surface area contributed by atoms with Crippen LogP contribution in [0.3, 0.4) is 0 Å². The molecule has 0 atom stereocenters. The van der Waals surface area contributed by atoms with E-state index in [0.717, 1.165) is 17.3 Å². The number of rotatable bonds is 0. The molecule has 5 heteroatoms. The first-order chi connectivity index (χ1) is 1.00. The second-order valence-corrected chi connectivity index (χ2v) is 0. The Morgan fingerprint density at radius 1 is 0.800 bits per heavy atom. The fourth-order valence-electron chi connectivity index (χ4n) is 0. The molecule has 0 aromatic rings. The van der Waals surface area contributed by atoms with Crippen molar-refractivity contribution in [2.24, 2.45) is 0 Å². The molecule has 6 N–H and O–H groups in total. The zero-order valence-corrected chi connectivity index (χ0v) is 6.31. The Balaban J connectivity index is -0.00000000167. The zero-order chi connectivity index (χ0) is 2.00. The molecule has 5 heavy (non-hydrogen) atoms. The third-order valence-corrected chi connectivity index (χ3v) is 0. The van der Waals surface area contributed by atoms with Crippen molar-refractivity contribution in [3.63, 3.8) is 0 Å². The quantitative estimate of drug-likeness (QED) is 0.369. The molecule has 0 aromatic carbocycles. The van der Waals surface area contributed by atoms with Gasteiger partial charge in [-0.1, -0.05) is 0 Å². The molecule has 0 heterocycles. The van der Waals surface area contributed by atoms with Crippen molar-refractivity contribution < 1.29 is 33.7 Å². The molecule has 0 aliphatic rings. The Bertz CT molecular complexity index is 6.85. The first-order valence-corrected chi connectivity index (χ1v) is 4.17. The first-order valence-electron chi connectivity index (χ1n) is 0.267. The van der Waals surface area contributed by atoms with Crippen molar-refractivity contribution in [3.05, 3.63) is 0 Å². The summed E-state index contributed by atoms with van der Waals surface area (Å²) in [6.45, 7) is 0. The summed E-state index contributed by atoms with van der Waals surface area (Å²) in [6.07, 6.45) is 0. The van der Waals surface area contributed by atoms with Crippen molar-refractivity contribution in [1.29, 1.82) is 0 Å². The van der Waals surface area contributed by atoms with Gasteiger partial charge in [0.15, 0.2) is 0 Å². The third kappa shape index (κ3) is 59.4. The normalized spacial score (nSPS) is 1.40. The van der Waals surface area contributed by atoms with Gasteiger partial charge in [-0.25, -0.2) is 0 Å². The van der Waals surface area contributed by atoms with Crippen LogP contribution in [0.4, 0.5) is 0 Å². The molecule has 0 radical (unpaired) electrons.